The third-order valence-corrected chi connectivity index (χ3v) is 5.20. The fourth-order valence-electron chi connectivity index (χ4n) is 3.82. The second-order valence-electron chi connectivity index (χ2n) is 6.92. The molecule has 0 saturated carbocycles. The molecule has 0 spiro atoms. The van der Waals surface area contributed by atoms with E-state index in [4.69, 9.17) is 0 Å². The Kier molecular flexibility index (Phi) is 4.25. The van der Waals surface area contributed by atoms with Crippen LogP contribution in [0.3, 0.4) is 0 Å². The molecule has 0 N–H and O–H groups in total. The lowest BCUT2D eigenvalue weighted by molar-refractivity contribution is -0.117. The highest BCUT2D eigenvalue weighted by molar-refractivity contribution is 6.01. The molecule has 130 valence electrons. The number of halogens is 1. The predicted molar refractivity (Wildman–Crippen MR) is 96.1 cm³/mol. The molecule has 2 aromatic rings. The van der Waals surface area contributed by atoms with Crippen LogP contribution in [0.2, 0.25) is 0 Å². The van der Waals surface area contributed by atoms with Gasteiger partial charge in [0, 0.05) is 24.8 Å². The van der Waals surface area contributed by atoms with Gasteiger partial charge in [0.05, 0.1) is 17.8 Å². The zero-order valence-corrected chi connectivity index (χ0v) is 14.5. The number of hydrogen-bond acceptors (Lipinski definition) is 3. The SMILES string of the molecule is Cc1cc(F)ccc1-c1cnc2c(c1)N(CCN1CCCC1)C(=O)C2. The number of anilines is 1. The number of aromatic nitrogens is 1. The second kappa shape index (κ2) is 6.56. The fraction of sp³-hybridized carbons (Fsp3) is 0.400. The zero-order chi connectivity index (χ0) is 17.4. The average Bonchev–Trinajstić information content (AvgIpc) is 3.19. The van der Waals surface area contributed by atoms with Crippen molar-refractivity contribution in [1.29, 1.82) is 0 Å². The highest BCUT2D eigenvalue weighted by atomic mass is 19.1. The van der Waals surface area contributed by atoms with Crippen LogP contribution in [0.4, 0.5) is 10.1 Å². The van der Waals surface area contributed by atoms with Gasteiger partial charge < -0.3 is 9.80 Å². The van der Waals surface area contributed by atoms with Crippen LogP contribution < -0.4 is 4.90 Å². The summed E-state index contributed by atoms with van der Waals surface area (Å²) in [4.78, 5) is 21.2. The highest BCUT2D eigenvalue weighted by Crippen LogP contribution is 2.33. The first-order chi connectivity index (χ1) is 12.1. The van der Waals surface area contributed by atoms with Gasteiger partial charge in [-0.1, -0.05) is 6.07 Å². The van der Waals surface area contributed by atoms with E-state index in [9.17, 15) is 9.18 Å². The lowest BCUT2D eigenvalue weighted by Gasteiger charge is -2.22. The number of amides is 1. The summed E-state index contributed by atoms with van der Waals surface area (Å²) >= 11 is 0. The van der Waals surface area contributed by atoms with Gasteiger partial charge in [0.25, 0.3) is 0 Å². The fourth-order valence-corrected chi connectivity index (χ4v) is 3.82. The Balaban J connectivity index is 1.61. The number of nitrogens with zero attached hydrogens (tertiary/aromatic N) is 3. The normalized spacial score (nSPS) is 17.4. The Morgan fingerprint density at radius 3 is 2.72 bits per heavy atom. The molecule has 3 heterocycles. The molecule has 25 heavy (non-hydrogen) atoms. The first-order valence-corrected chi connectivity index (χ1v) is 8.90. The summed E-state index contributed by atoms with van der Waals surface area (Å²) in [7, 11) is 0. The van der Waals surface area contributed by atoms with Crippen LogP contribution in [0.1, 0.15) is 24.1 Å². The van der Waals surface area contributed by atoms with Crippen LogP contribution in [0.5, 0.6) is 0 Å². The van der Waals surface area contributed by atoms with E-state index in [1.54, 1.807) is 12.3 Å². The Morgan fingerprint density at radius 1 is 1.16 bits per heavy atom. The Labute approximate surface area is 147 Å². The molecule has 1 saturated heterocycles. The van der Waals surface area contributed by atoms with E-state index < -0.39 is 0 Å². The lowest BCUT2D eigenvalue weighted by Crippen LogP contribution is -2.35. The van der Waals surface area contributed by atoms with Crippen LogP contribution in [0.25, 0.3) is 11.1 Å². The molecule has 5 heteroatoms. The molecule has 4 rings (SSSR count). The number of likely N-dealkylation sites (tertiary alicyclic amines) is 1. The van der Waals surface area contributed by atoms with Gasteiger partial charge in [-0.2, -0.15) is 0 Å². The lowest BCUT2D eigenvalue weighted by atomic mass is 10.0. The summed E-state index contributed by atoms with van der Waals surface area (Å²) in [5.41, 5.74) is 4.50. The van der Waals surface area contributed by atoms with Crippen LogP contribution in [-0.4, -0.2) is 42.0 Å². The Morgan fingerprint density at radius 2 is 1.96 bits per heavy atom. The maximum atomic E-state index is 13.4. The largest absolute Gasteiger partial charge is 0.309 e. The molecule has 0 radical (unpaired) electrons. The van der Waals surface area contributed by atoms with Crippen molar-refractivity contribution >= 4 is 11.6 Å². The van der Waals surface area contributed by atoms with Crippen molar-refractivity contribution in [1.82, 2.24) is 9.88 Å². The molecular formula is C20H22FN3O. The van der Waals surface area contributed by atoms with Crippen LogP contribution in [0, 0.1) is 12.7 Å². The van der Waals surface area contributed by atoms with Gasteiger partial charge in [-0.3, -0.25) is 9.78 Å². The van der Waals surface area contributed by atoms with Crippen LogP contribution in [-0.2, 0) is 11.2 Å². The number of fused-ring (bicyclic) bond motifs is 1. The van der Waals surface area contributed by atoms with Crippen molar-refractivity contribution in [3.63, 3.8) is 0 Å². The standard InChI is InChI=1S/C20H22FN3O/c1-14-10-16(21)4-5-17(14)15-11-19-18(22-13-15)12-20(25)24(19)9-8-23-6-2-3-7-23/h4-5,10-11,13H,2-3,6-9,12H2,1H3. The molecule has 4 nitrogen and oxygen atoms in total. The number of carbonyl (C=O) groups is 1. The number of benzene rings is 1. The molecule has 1 amide bonds. The van der Waals surface area contributed by atoms with E-state index in [2.05, 4.69) is 9.88 Å². The summed E-state index contributed by atoms with van der Waals surface area (Å²) in [5, 5.41) is 0. The summed E-state index contributed by atoms with van der Waals surface area (Å²) in [5.74, 6) is -0.118. The smallest absolute Gasteiger partial charge is 0.233 e. The quantitative estimate of drug-likeness (QED) is 0.858. The van der Waals surface area contributed by atoms with Crippen molar-refractivity contribution < 1.29 is 9.18 Å². The minimum atomic E-state index is -0.238. The molecule has 0 bridgehead atoms. The molecule has 0 unspecified atom stereocenters. The molecule has 2 aliphatic rings. The number of carbonyl (C=O) groups excluding carboxylic acids is 1. The Hall–Kier alpha value is -2.27. The highest BCUT2D eigenvalue weighted by Gasteiger charge is 2.29. The van der Waals surface area contributed by atoms with Gasteiger partial charge in [-0.05, 0) is 62.2 Å². The van der Waals surface area contributed by atoms with E-state index >= 15 is 0 Å². The van der Waals surface area contributed by atoms with E-state index in [0.29, 0.717) is 13.0 Å². The van der Waals surface area contributed by atoms with Gasteiger partial charge in [0.2, 0.25) is 5.91 Å². The number of hydrogen-bond donors (Lipinski definition) is 0. The predicted octanol–water partition coefficient (Wildman–Crippen LogP) is 3.18. The van der Waals surface area contributed by atoms with Gasteiger partial charge in [-0.15, -0.1) is 0 Å². The molecule has 0 atom stereocenters. The summed E-state index contributed by atoms with van der Waals surface area (Å²) < 4.78 is 13.4. The van der Waals surface area contributed by atoms with Crippen molar-refractivity contribution in [2.45, 2.75) is 26.2 Å². The first kappa shape index (κ1) is 16.2. The molecule has 2 aliphatic heterocycles. The third kappa shape index (κ3) is 3.16. The zero-order valence-electron chi connectivity index (χ0n) is 14.5. The van der Waals surface area contributed by atoms with Gasteiger partial charge in [0.1, 0.15) is 5.82 Å². The van der Waals surface area contributed by atoms with Gasteiger partial charge in [-0.25, -0.2) is 4.39 Å². The van der Waals surface area contributed by atoms with Crippen LogP contribution >= 0.6 is 0 Å². The molecule has 1 aromatic heterocycles. The molecule has 1 aromatic carbocycles. The van der Waals surface area contributed by atoms with E-state index in [1.807, 2.05) is 17.9 Å². The van der Waals surface area contributed by atoms with E-state index in [-0.39, 0.29) is 11.7 Å². The van der Waals surface area contributed by atoms with Crippen molar-refractivity contribution in [2.75, 3.05) is 31.1 Å². The van der Waals surface area contributed by atoms with E-state index in [0.717, 1.165) is 47.7 Å². The third-order valence-electron chi connectivity index (χ3n) is 5.20. The first-order valence-electron chi connectivity index (χ1n) is 8.90. The maximum Gasteiger partial charge on any atom is 0.233 e. The number of rotatable bonds is 4. The van der Waals surface area contributed by atoms with Gasteiger partial charge >= 0.3 is 0 Å². The Bertz CT molecular complexity index is 815. The molecule has 1 fully saturated rings. The summed E-state index contributed by atoms with van der Waals surface area (Å²) in [6.07, 6.45) is 4.66. The minimum Gasteiger partial charge on any atom is -0.309 e. The summed E-state index contributed by atoms with van der Waals surface area (Å²) in [6.45, 7) is 5.76. The van der Waals surface area contributed by atoms with E-state index in [1.165, 1.54) is 25.0 Å². The number of pyridine rings is 1. The second-order valence-corrected chi connectivity index (χ2v) is 6.92. The van der Waals surface area contributed by atoms with Crippen molar-refractivity contribution in [3.05, 3.63) is 47.5 Å². The molecular weight excluding hydrogens is 317 g/mol. The van der Waals surface area contributed by atoms with Crippen molar-refractivity contribution in [3.8, 4) is 11.1 Å². The monoisotopic (exact) mass is 339 g/mol. The average molecular weight is 339 g/mol. The number of aryl methyl sites for hydroxylation is 1. The molecule has 0 aliphatic carbocycles. The maximum absolute atomic E-state index is 13.4. The van der Waals surface area contributed by atoms with Crippen LogP contribution in [0.15, 0.2) is 30.5 Å². The topological polar surface area (TPSA) is 36.4 Å². The van der Waals surface area contributed by atoms with Gasteiger partial charge in [0.15, 0.2) is 0 Å². The van der Waals surface area contributed by atoms with Crippen molar-refractivity contribution in [2.24, 2.45) is 0 Å². The minimum absolute atomic E-state index is 0.120. The summed E-state index contributed by atoms with van der Waals surface area (Å²) in [6, 6.07) is 6.79.